The molecular weight excluding hydrogens is 388 g/mol. The molecule has 0 aliphatic carbocycles. The predicted octanol–water partition coefficient (Wildman–Crippen LogP) is 2.96. The summed E-state index contributed by atoms with van der Waals surface area (Å²) in [6.45, 7) is 3.89. The number of H-pyrrole nitrogens is 1. The first-order chi connectivity index (χ1) is 14.1. The van der Waals surface area contributed by atoms with E-state index in [2.05, 4.69) is 9.97 Å². The molecule has 0 saturated carbocycles. The minimum absolute atomic E-state index is 0.0646. The quantitative estimate of drug-likeness (QED) is 0.383. The van der Waals surface area contributed by atoms with Crippen LogP contribution < -0.4 is 5.56 Å². The number of ketones is 1. The average molecular weight is 410 g/mol. The number of para-hydroxylation sites is 1. The lowest BCUT2D eigenvalue weighted by Crippen LogP contribution is -2.27. The van der Waals surface area contributed by atoms with E-state index in [1.807, 2.05) is 19.1 Å². The van der Waals surface area contributed by atoms with Crippen LogP contribution in [0.4, 0.5) is 0 Å². The third-order valence-corrected chi connectivity index (χ3v) is 6.08. The number of nitrogens with one attached hydrogen (secondary N) is 1. The van der Waals surface area contributed by atoms with Gasteiger partial charge in [0.05, 0.1) is 16.7 Å². The first-order valence-corrected chi connectivity index (χ1v) is 10.7. The second kappa shape index (κ2) is 8.24. The maximum Gasteiger partial charge on any atom is 0.270 e. The van der Waals surface area contributed by atoms with E-state index < -0.39 is 0 Å². The van der Waals surface area contributed by atoms with Gasteiger partial charge < -0.3 is 9.88 Å². The second-order valence-corrected chi connectivity index (χ2v) is 7.92. The zero-order chi connectivity index (χ0) is 20.4. The molecular formula is C21H22N4O3S. The van der Waals surface area contributed by atoms with Crippen LogP contribution >= 0.6 is 11.8 Å². The Morgan fingerprint density at radius 1 is 1.21 bits per heavy atom. The number of carbonyl (C=O) groups is 2. The van der Waals surface area contributed by atoms with Gasteiger partial charge in [0, 0.05) is 31.4 Å². The number of likely N-dealkylation sites (tertiary alicyclic amines) is 1. The van der Waals surface area contributed by atoms with E-state index in [9.17, 15) is 14.4 Å². The Morgan fingerprint density at radius 3 is 2.72 bits per heavy atom. The molecule has 1 aliphatic rings. The van der Waals surface area contributed by atoms with Crippen LogP contribution in [0.1, 0.15) is 40.6 Å². The monoisotopic (exact) mass is 410 g/mol. The summed E-state index contributed by atoms with van der Waals surface area (Å²) in [6, 6.07) is 8.82. The summed E-state index contributed by atoms with van der Waals surface area (Å²) in [5.74, 6) is -0.0398. The van der Waals surface area contributed by atoms with Crippen molar-refractivity contribution in [3.05, 3.63) is 58.1 Å². The van der Waals surface area contributed by atoms with Gasteiger partial charge in [0.2, 0.25) is 0 Å². The average Bonchev–Trinajstić information content (AvgIpc) is 3.44. The van der Waals surface area contributed by atoms with Gasteiger partial charge in [-0.1, -0.05) is 23.9 Å². The molecule has 1 aromatic carbocycles. The van der Waals surface area contributed by atoms with Crippen molar-refractivity contribution in [1.29, 1.82) is 0 Å². The molecule has 0 unspecified atom stereocenters. The topological polar surface area (TPSA) is 88.1 Å². The van der Waals surface area contributed by atoms with Crippen molar-refractivity contribution in [2.75, 3.05) is 18.8 Å². The van der Waals surface area contributed by atoms with Crippen molar-refractivity contribution >= 4 is 34.4 Å². The Morgan fingerprint density at radius 2 is 1.97 bits per heavy atom. The summed E-state index contributed by atoms with van der Waals surface area (Å²) >= 11 is 1.24. The molecule has 3 heterocycles. The first-order valence-electron chi connectivity index (χ1n) is 9.71. The number of benzene rings is 1. The van der Waals surface area contributed by atoms with Crippen LogP contribution in [0.25, 0.3) is 10.9 Å². The van der Waals surface area contributed by atoms with E-state index in [-0.39, 0.29) is 23.0 Å². The molecule has 2 aromatic heterocycles. The highest BCUT2D eigenvalue weighted by Crippen LogP contribution is 2.20. The van der Waals surface area contributed by atoms with Crippen molar-refractivity contribution in [3.63, 3.8) is 0 Å². The molecule has 1 amide bonds. The van der Waals surface area contributed by atoms with Crippen LogP contribution in [-0.4, -0.2) is 50.0 Å². The van der Waals surface area contributed by atoms with Crippen LogP contribution in [-0.2, 0) is 6.54 Å². The Hall–Kier alpha value is -2.87. The summed E-state index contributed by atoms with van der Waals surface area (Å²) in [7, 11) is 0. The maximum absolute atomic E-state index is 12.7. The summed E-state index contributed by atoms with van der Waals surface area (Å²) in [6.07, 6.45) is 3.62. The fourth-order valence-corrected chi connectivity index (χ4v) is 4.48. The number of fused-ring (bicyclic) bond motifs is 1. The number of carbonyl (C=O) groups excluding carboxylic acids is 2. The van der Waals surface area contributed by atoms with E-state index in [4.69, 9.17) is 0 Å². The maximum atomic E-state index is 12.7. The molecule has 0 radical (unpaired) electrons. The summed E-state index contributed by atoms with van der Waals surface area (Å²) in [5.41, 5.74) is 1.42. The molecule has 1 aliphatic heterocycles. The van der Waals surface area contributed by atoms with Gasteiger partial charge in [0.1, 0.15) is 5.69 Å². The minimum Gasteiger partial charge on any atom is -0.356 e. The largest absolute Gasteiger partial charge is 0.356 e. The first kappa shape index (κ1) is 19.4. The van der Waals surface area contributed by atoms with Crippen molar-refractivity contribution in [1.82, 2.24) is 19.4 Å². The number of hydrogen-bond donors (Lipinski definition) is 1. The Kier molecular flexibility index (Phi) is 5.53. The van der Waals surface area contributed by atoms with E-state index in [1.165, 1.54) is 11.8 Å². The van der Waals surface area contributed by atoms with Crippen LogP contribution in [0.3, 0.4) is 0 Å². The lowest BCUT2D eigenvalue weighted by atomic mass is 10.2. The van der Waals surface area contributed by atoms with E-state index in [0.717, 1.165) is 25.9 Å². The van der Waals surface area contributed by atoms with Gasteiger partial charge in [0.15, 0.2) is 10.9 Å². The zero-order valence-electron chi connectivity index (χ0n) is 16.2. The summed E-state index contributed by atoms with van der Waals surface area (Å²) < 4.78 is 1.58. The van der Waals surface area contributed by atoms with Gasteiger partial charge in [-0.15, -0.1) is 0 Å². The standard InChI is InChI=1S/C21H22N4O3S/c1-2-25-19(27)15-7-3-4-8-16(15)23-21(25)29-13-18(26)14-11-17(22-12-14)20(28)24-9-5-6-10-24/h3-4,7-8,11-12,22H,2,5-6,9-10,13H2,1H3. The SMILES string of the molecule is CCn1c(SCC(=O)c2c[nH]c(C(=O)N3CCCC3)c2)nc2ccccc2c1=O. The number of Topliss-reactive ketones (excluding diaryl/α,β-unsaturated/α-hetero) is 1. The van der Waals surface area contributed by atoms with Crippen molar-refractivity contribution < 1.29 is 9.59 Å². The van der Waals surface area contributed by atoms with Crippen LogP contribution in [0.5, 0.6) is 0 Å². The number of aromatic nitrogens is 3. The highest BCUT2D eigenvalue weighted by atomic mass is 32.2. The van der Waals surface area contributed by atoms with Gasteiger partial charge in [-0.2, -0.15) is 0 Å². The molecule has 1 saturated heterocycles. The number of aromatic amines is 1. The number of rotatable bonds is 6. The van der Waals surface area contributed by atoms with Crippen LogP contribution in [0.2, 0.25) is 0 Å². The molecule has 1 fully saturated rings. The van der Waals surface area contributed by atoms with Crippen LogP contribution in [0, 0.1) is 0 Å². The fraction of sp³-hybridized carbons (Fsp3) is 0.333. The molecule has 0 atom stereocenters. The second-order valence-electron chi connectivity index (χ2n) is 6.97. The number of thioether (sulfide) groups is 1. The summed E-state index contributed by atoms with van der Waals surface area (Å²) in [4.78, 5) is 47.0. The van der Waals surface area contributed by atoms with Gasteiger partial charge in [0.25, 0.3) is 11.5 Å². The molecule has 0 spiro atoms. The molecule has 7 nitrogen and oxygen atoms in total. The Labute approximate surface area is 172 Å². The van der Waals surface area contributed by atoms with Crippen molar-refractivity contribution in [2.24, 2.45) is 0 Å². The number of nitrogens with zero attached hydrogens (tertiary/aromatic N) is 3. The lowest BCUT2D eigenvalue weighted by molar-refractivity contribution is 0.0787. The smallest absolute Gasteiger partial charge is 0.270 e. The molecule has 1 N–H and O–H groups in total. The fourth-order valence-electron chi connectivity index (χ4n) is 3.52. The Balaban J connectivity index is 1.50. The zero-order valence-corrected chi connectivity index (χ0v) is 17.0. The molecule has 150 valence electrons. The van der Waals surface area contributed by atoms with Gasteiger partial charge in [-0.3, -0.25) is 19.0 Å². The molecule has 4 rings (SSSR count). The third-order valence-electron chi connectivity index (χ3n) is 5.10. The van der Waals surface area contributed by atoms with Crippen molar-refractivity contribution in [2.45, 2.75) is 31.5 Å². The Bertz CT molecular complexity index is 1130. The molecule has 29 heavy (non-hydrogen) atoms. The lowest BCUT2D eigenvalue weighted by Gasteiger charge is -2.13. The third kappa shape index (κ3) is 3.85. The van der Waals surface area contributed by atoms with E-state index >= 15 is 0 Å². The van der Waals surface area contributed by atoms with Gasteiger partial charge in [-0.25, -0.2) is 4.98 Å². The molecule has 3 aromatic rings. The van der Waals surface area contributed by atoms with Crippen molar-refractivity contribution in [3.8, 4) is 0 Å². The predicted molar refractivity (Wildman–Crippen MR) is 113 cm³/mol. The van der Waals surface area contributed by atoms with Crippen LogP contribution in [0.15, 0.2) is 46.5 Å². The minimum atomic E-state index is -0.114. The van der Waals surface area contributed by atoms with Gasteiger partial charge >= 0.3 is 0 Å². The molecule has 8 heteroatoms. The van der Waals surface area contributed by atoms with E-state index in [0.29, 0.717) is 33.9 Å². The normalized spacial score (nSPS) is 13.9. The molecule has 0 bridgehead atoms. The highest BCUT2D eigenvalue weighted by molar-refractivity contribution is 7.99. The highest BCUT2D eigenvalue weighted by Gasteiger charge is 2.22. The summed E-state index contributed by atoms with van der Waals surface area (Å²) in [5, 5.41) is 1.09. The van der Waals surface area contributed by atoms with E-state index in [1.54, 1.807) is 33.9 Å². The number of hydrogen-bond acceptors (Lipinski definition) is 5. The van der Waals surface area contributed by atoms with Gasteiger partial charge in [-0.05, 0) is 38.0 Å². The number of amides is 1.